The third-order valence-electron chi connectivity index (χ3n) is 3.26. The monoisotopic (exact) mass is 303 g/mol. The Bertz CT molecular complexity index is 787. The highest BCUT2D eigenvalue weighted by Gasteiger charge is 2.14. The Labute approximate surface area is 125 Å². The van der Waals surface area contributed by atoms with Crippen LogP contribution >= 0.6 is 11.3 Å². The second-order valence-corrected chi connectivity index (χ2v) is 5.88. The Kier molecular flexibility index (Phi) is 3.47. The van der Waals surface area contributed by atoms with E-state index in [-0.39, 0.29) is 11.7 Å². The number of nitrogens with one attached hydrogen (secondary N) is 1. The van der Waals surface area contributed by atoms with Crippen LogP contribution in [-0.4, -0.2) is 15.7 Å². The number of amides is 1. The third-order valence-corrected chi connectivity index (χ3v) is 4.46. The van der Waals surface area contributed by atoms with Crippen LogP contribution in [0.3, 0.4) is 0 Å². The van der Waals surface area contributed by atoms with Crippen LogP contribution < -0.4 is 5.32 Å². The van der Waals surface area contributed by atoms with E-state index in [1.165, 1.54) is 23.5 Å². The van der Waals surface area contributed by atoms with Crippen molar-refractivity contribution in [2.75, 3.05) is 0 Å². The molecule has 0 radical (unpaired) electrons. The number of aryl methyl sites for hydroxylation is 2. The first kappa shape index (κ1) is 13.8. The average molecular weight is 303 g/mol. The van der Waals surface area contributed by atoms with Crippen LogP contribution in [0.4, 0.5) is 4.39 Å². The Morgan fingerprint density at radius 3 is 2.95 bits per heavy atom. The van der Waals surface area contributed by atoms with Crippen molar-refractivity contribution in [1.82, 2.24) is 15.1 Å². The van der Waals surface area contributed by atoms with E-state index < -0.39 is 0 Å². The minimum atomic E-state index is -0.301. The van der Waals surface area contributed by atoms with Crippen molar-refractivity contribution >= 4 is 27.5 Å². The van der Waals surface area contributed by atoms with E-state index in [0.29, 0.717) is 11.4 Å². The molecule has 108 valence electrons. The van der Waals surface area contributed by atoms with E-state index in [4.69, 9.17) is 0 Å². The van der Waals surface area contributed by atoms with Crippen molar-refractivity contribution in [3.8, 4) is 0 Å². The molecule has 0 atom stereocenters. The van der Waals surface area contributed by atoms with Gasteiger partial charge in [-0.2, -0.15) is 5.10 Å². The predicted molar refractivity (Wildman–Crippen MR) is 80.9 cm³/mol. The van der Waals surface area contributed by atoms with Gasteiger partial charge in [0.05, 0.1) is 10.6 Å². The molecular formula is C15H14FN3OS. The first-order chi connectivity index (χ1) is 10.0. The summed E-state index contributed by atoms with van der Waals surface area (Å²) in [5, 5.41) is 8.11. The molecule has 2 heterocycles. The zero-order valence-corrected chi connectivity index (χ0v) is 12.5. The van der Waals surface area contributed by atoms with Crippen molar-refractivity contribution in [3.63, 3.8) is 0 Å². The summed E-state index contributed by atoms with van der Waals surface area (Å²) in [7, 11) is 1.86. The molecule has 0 aliphatic carbocycles. The Morgan fingerprint density at radius 1 is 1.43 bits per heavy atom. The molecule has 1 aromatic carbocycles. The maximum absolute atomic E-state index is 13.1. The third kappa shape index (κ3) is 2.67. The van der Waals surface area contributed by atoms with Crippen molar-refractivity contribution in [2.45, 2.75) is 13.5 Å². The Balaban J connectivity index is 1.76. The van der Waals surface area contributed by atoms with Crippen molar-refractivity contribution < 1.29 is 9.18 Å². The first-order valence-electron chi connectivity index (χ1n) is 6.50. The fourth-order valence-corrected chi connectivity index (χ4v) is 3.27. The molecule has 4 nitrogen and oxygen atoms in total. The minimum absolute atomic E-state index is 0.153. The summed E-state index contributed by atoms with van der Waals surface area (Å²) in [4.78, 5) is 13.8. The summed E-state index contributed by atoms with van der Waals surface area (Å²) in [6.45, 7) is 2.23. The lowest BCUT2D eigenvalue weighted by atomic mass is 10.2. The molecule has 1 amide bonds. The summed E-state index contributed by atoms with van der Waals surface area (Å²) >= 11 is 1.41. The highest BCUT2D eigenvalue weighted by molar-refractivity contribution is 7.20. The normalized spacial score (nSPS) is 11.0. The Morgan fingerprint density at radius 2 is 2.24 bits per heavy atom. The molecule has 0 saturated heterocycles. The van der Waals surface area contributed by atoms with Gasteiger partial charge in [0.2, 0.25) is 0 Å². The molecule has 0 bridgehead atoms. The van der Waals surface area contributed by atoms with Gasteiger partial charge in [-0.3, -0.25) is 9.48 Å². The van der Waals surface area contributed by atoms with E-state index in [2.05, 4.69) is 10.4 Å². The molecule has 3 aromatic rings. The molecule has 0 fully saturated rings. The van der Waals surface area contributed by atoms with Crippen LogP contribution in [0.15, 0.2) is 30.3 Å². The molecule has 6 heteroatoms. The van der Waals surface area contributed by atoms with Gasteiger partial charge in [0.1, 0.15) is 10.6 Å². The zero-order chi connectivity index (χ0) is 15.0. The quantitative estimate of drug-likeness (QED) is 0.808. The number of fused-ring (bicyclic) bond motifs is 1. The predicted octanol–water partition coefficient (Wildman–Crippen LogP) is 3.01. The Hall–Kier alpha value is -2.21. The van der Waals surface area contributed by atoms with Crippen LogP contribution in [0, 0.1) is 12.7 Å². The highest BCUT2D eigenvalue weighted by atomic mass is 32.1. The van der Waals surface area contributed by atoms with Gasteiger partial charge in [-0.25, -0.2) is 4.39 Å². The number of carbonyl (C=O) groups is 1. The van der Waals surface area contributed by atoms with Crippen molar-refractivity contribution in [1.29, 1.82) is 0 Å². The van der Waals surface area contributed by atoms with E-state index in [0.717, 1.165) is 21.5 Å². The van der Waals surface area contributed by atoms with Gasteiger partial charge >= 0.3 is 0 Å². The number of nitrogens with zero attached hydrogens (tertiary/aromatic N) is 2. The SMILES string of the molecule is Cc1nn(C)c2sc(C(=O)NCc3cccc(F)c3)cc12. The van der Waals surface area contributed by atoms with Crippen LogP contribution in [-0.2, 0) is 13.6 Å². The summed E-state index contributed by atoms with van der Waals surface area (Å²) in [5.41, 5.74) is 1.65. The molecule has 0 unspecified atom stereocenters. The molecule has 0 spiro atoms. The fraction of sp³-hybridized carbons (Fsp3) is 0.200. The fourth-order valence-electron chi connectivity index (χ4n) is 2.23. The molecule has 0 aliphatic rings. The minimum Gasteiger partial charge on any atom is -0.347 e. The second kappa shape index (κ2) is 5.29. The lowest BCUT2D eigenvalue weighted by Crippen LogP contribution is -2.21. The number of hydrogen-bond donors (Lipinski definition) is 1. The highest BCUT2D eigenvalue weighted by Crippen LogP contribution is 2.27. The number of rotatable bonds is 3. The molecular weight excluding hydrogens is 289 g/mol. The molecule has 1 N–H and O–H groups in total. The van der Waals surface area contributed by atoms with Gasteiger partial charge in [-0.05, 0) is 30.7 Å². The number of aromatic nitrogens is 2. The van der Waals surface area contributed by atoms with Gasteiger partial charge < -0.3 is 5.32 Å². The lowest BCUT2D eigenvalue weighted by Gasteiger charge is -2.03. The molecule has 3 rings (SSSR count). The van der Waals surface area contributed by atoms with Gasteiger partial charge in [-0.1, -0.05) is 12.1 Å². The van der Waals surface area contributed by atoms with E-state index >= 15 is 0 Å². The van der Waals surface area contributed by atoms with E-state index in [1.54, 1.807) is 16.8 Å². The lowest BCUT2D eigenvalue weighted by molar-refractivity contribution is 0.0955. The topological polar surface area (TPSA) is 46.9 Å². The molecule has 21 heavy (non-hydrogen) atoms. The summed E-state index contributed by atoms with van der Waals surface area (Å²) < 4.78 is 14.9. The molecule has 2 aromatic heterocycles. The van der Waals surface area contributed by atoms with Gasteiger partial charge in [0.25, 0.3) is 5.91 Å². The first-order valence-corrected chi connectivity index (χ1v) is 7.32. The van der Waals surface area contributed by atoms with Gasteiger partial charge in [0, 0.05) is 19.0 Å². The van der Waals surface area contributed by atoms with Crippen molar-refractivity contribution in [3.05, 3.63) is 52.3 Å². The molecule has 0 saturated carbocycles. The number of halogens is 1. The molecule has 0 aliphatic heterocycles. The number of thiophene rings is 1. The zero-order valence-electron chi connectivity index (χ0n) is 11.7. The summed E-state index contributed by atoms with van der Waals surface area (Å²) in [6.07, 6.45) is 0. The average Bonchev–Trinajstić information content (AvgIpc) is 2.99. The second-order valence-electron chi connectivity index (χ2n) is 4.85. The number of hydrogen-bond acceptors (Lipinski definition) is 3. The van der Waals surface area contributed by atoms with Crippen LogP contribution in [0.1, 0.15) is 20.9 Å². The maximum atomic E-state index is 13.1. The summed E-state index contributed by atoms with van der Waals surface area (Å²) in [6, 6.07) is 8.06. The van der Waals surface area contributed by atoms with Crippen LogP contribution in [0.25, 0.3) is 10.2 Å². The smallest absolute Gasteiger partial charge is 0.261 e. The number of carbonyl (C=O) groups excluding carboxylic acids is 1. The van der Waals surface area contributed by atoms with Crippen molar-refractivity contribution in [2.24, 2.45) is 7.05 Å². The van der Waals surface area contributed by atoms with Crippen LogP contribution in [0.2, 0.25) is 0 Å². The number of benzene rings is 1. The van der Waals surface area contributed by atoms with Crippen LogP contribution in [0.5, 0.6) is 0 Å². The van der Waals surface area contributed by atoms with Gasteiger partial charge in [-0.15, -0.1) is 11.3 Å². The maximum Gasteiger partial charge on any atom is 0.261 e. The summed E-state index contributed by atoms with van der Waals surface area (Å²) in [5.74, 6) is -0.454. The standard InChI is InChI=1S/C15H14FN3OS/c1-9-12-7-13(21-15(12)19(2)18-9)14(20)17-8-10-4-3-5-11(16)6-10/h3-7H,8H2,1-2H3,(H,17,20). The van der Waals surface area contributed by atoms with E-state index in [1.807, 2.05) is 20.0 Å². The van der Waals surface area contributed by atoms with Gasteiger partial charge in [0.15, 0.2) is 0 Å². The largest absolute Gasteiger partial charge is 0.347 e. The van der Waals surface area contributed by atoms with E-state index in [9.17, 15) is 9.18 Å².